The molecule has 0 amide bonds. The van der Waals surface area contributed by atoms with Gasteiger partial charge in [-0.25, -0.2) is 9.97 Å². The average molecular weight is 295 g/mol. The van der Waals surface area contributed by atoms with E-state index in [0.717, 1.165) is 24.4 Å². The fourth-order valence-corrected chi connectivity index (χ4v) is 3.42. The van der Waals surface area contributed by atoms with Gasteiger partial charge in [-0.3, -0.25) is 4.79 Å². The van der Waals surface area contributed by atoms with Gasteiger partial charge < -0.3 is 10.1 Å². The van der Waals surface area contributed by atoms with Gasteiger partial charge in [-0.1, -0.05) is 6.92 Å². The van der Waals surface area contributed by atoms with Crippen molar-refractivity contribution in [3.8, 4) is 0 Å². The average Bonchev–Trinajstić information content (AvgIpc) is 3.30. The van der Waals surface area contributed by atoms with Gasteiger partial charge >= 0.3 is 5.97 Å². The molecule has 20 heavy (non-hydrogen) atoms. The zero-order valence-corrected chi connectivity index (χ0v) is 12.8. The fourth-order valence-electron chi connectivity index (χ4n) is 2.31. The van der Waals surface area contributed by atoms with Crippen LogP contribution < -0.4 is 5.32 Å². The van der Waals surface area contributed by atoms with Crippen molar-refractivity contribution in [2.45, 2.75) is 37.3 Å². The van der Waals surface area contributed by atoms with E-state index in [9.17, 15) is 4.79 Å². The first-order valence-corrected chi connectivity index (χ1v) is 8.02. The molecule has 1 saturated carbocycles. The molecule has 0 aliphatic heterocycles. The molecule has 2 rings (SSSR count). The van der Waals surface area contributed by atoms with Crippen molar-refractivity contribution < 1.29 is 9.53 Å². The van der Waals surface area contributed by atoms with E-state index in [0.29, 0.717) is 18.3 Å². The van der Waals surface area contributed by atoms with Crippen LogP contribution in [0.15, 0.2) is 23.6 Å². The highest BCUT2D eigenvalue weighted by Gasteiger charge is 2.51. The smallest absolute Gasteiger partial charge is 0.327 e. The van der Waals surface area contributed by atoms with E-state index in [-0.39, 0.29) is 5.97 Å². The van der Waals surface area contributed by atoms with Crippen molar-refractivity contribution in [1.82, 2.24) is 15.3 Å². The van der Waals surface area contributed by atoms with Crippen LogP contribution in [0.3, 0.4) is 0 Å². The SMILES string of the molecule is CCNC(CSc1ccncn1)(C(=O)OCC)C1CC1. The van der Waals surface area contributed by atoms with Gasteiger partial charge in [-0.15, -0.1) is 11.8 Å². The number of rotatable bonds is 8. The van der Waals surface area contributed by atoms with Crippen LogP contribution in [0.2, 0.25) is 0 Å². The standard InChI is InChI=1S/C14H21N3O2S/c1-3-17-14(11-5-6-11,13(18)19-4-2)9-20-12-7-8-15-10-16-12/h7-8,10-11,17H,3-6,9H2,1-2H3. The Kier molecular flexibility index (Phi) is 5.37. The maximum Gasteiger partial charge on any atom is 0.327 e. The van der Waals surface area contributed by atoms with Crippen LogP contribution in [0, 0.1) is 5.92 Å². The topological polar surface area (TPSA) is 64.1 Å². The summed E-state index contributed by atoms with van der Waals surface area (Å²) < 4.78 is 5.30. The van der Waals surface area contributed by atoms with E-state index in [1.807, 2.05) is 19.9 Å². The van der Waals surface area contributed by atoms with Crippen LogP contribution in [-0.2, 0) is 9.53 Å². The minimum Gasteiger partial charge on any atom is -0.465 e. The van der Waals surface area contributed by atoms with Crippen LogP contribution in [0.5, 0.6) is 0 Å². The lowest BCUT2D eigenvalue weighted by Crippen LogP contribution is -2.57. The van der Waals surface area contributed by atoms with Gasteiger partial charge in [0.15, 0.2) is 0 Å². The summed E-state index contributed by atoms with van der Waals surface area (Å²) in [7, 11) is 0. The maximum absolute atomic E-state index is 12.4. The van der Waals surface area contributed by atoms with Gasteiger partial charge in [0.2, 0.25) is 0 Å². The summed E-state index contributed by atoms with van der Waals surface area (Å²) in [6.45, 7) is 5.03. The van der Waals surface area contributed by atoms with E-state index < -0.39 is 5.54 Å². The largest absolute Gasteiger partial charge is 0.465 e. The van der Waals surface area contributed by atoms with Crippen molar-refractivity contribution >= 4 is 17.7 Å². The van der Waals surface area contributed by atoms with Gasteiger partial charge in [0.25, 0.3) is 0 Å². The first-order chi connectivity index (χ1) is 9.73. The first-order valence-electron chi connectivity index (χ1n) is 7.04. The lowest BCUT2D eigenvalue weighted by Gasteiger charge is -2.32. The molecule has 1 aliphatic carbocycles. The summed E-state index contributed by atoms with van der Waals surface area (Å²) in [5.74, 6) is 0.878. The number of likely N-dealkylation sites (N-methyl/N-ethyl adjacent to an activating group) is 1. The summed E-state index contributed by atoms with van der Waals surface area (Å²) in [4.78, 5) is 20.5. The van der Waals surface area contributed by atoms with Crippen LogP contribution in [0.1, 0.15) is 26.7 Å². The van der Waals surface area contributed by atoms with Gasteiger partial charge in [0.05, 0.1) is 11.6 Å². The Morgan fingerprint density at radius 1 is 1.55 bits per heavy atom. The molecular formula is C14H21N3O2S. The summed E-state index contributed by atoms with van der Waals surface area (Å²) in [5.41, 5.74) is -0.583. The molecule has 6 heteroatoms. The Labute approximate surface area is 123 Å². The number of hydrogen-bond acceptors (Lipinski definition) is 6. The number of carbonyl (C=O) groups excluding carboxylic acids is 1. The van der Waals surface area contributed by atoms with Gasteiger partial charge in [-0.2, -0.15) is 0 Å². The zero-order valence-electron chi connectivity index (χ0n) is 12.0. The van der Waals surface area contributed by atoms with Crippen LogP contribution in [-0.4, -0.2) is 40.4 Å². The van der Waals surface area contributed by atoms with E-state index in [1.165, 1.54) is 6.33 Å². The molecule has 1 fully saturated rings. The third kappa shape index (κ3) is 3.49. The lowest BCUT2D eigenvalue weighted by molar-refractivity contribution is -0.151. The Hall–Kier alpha value is -1.14. The monoisotopic (exact) mass is 295 g/mol. The molecule has 1 aromatic rings. The molecule has 1 aromatic heterocycles. The molecular weight excluding hydrogens is 274 g/mol. The summed E-state index contributed by atoms with van der Waals surface area (Å²) in [6, 6.07) is 1.86. The highest BCUT2D eigenvalue weighted by Crippen LogP contribution is 2.43. The number of nitrogens with zero attached hydrogens (tertiary/aromatic N) is 2. The summed E-state index contributed by atoms with van der Waals surface area (Å²) in [5, 5.41) is 4.26. The third-order valence-corrected chi connectivity index (χ3v) is 4.55. The maximum atomic E-state index is 12.4. The third-order valence-electron chi connectivity index (χ3n) is 3.41. The number of ether oxygens (including phenoxy) is 1. The van der Waals surface area contributed by atoms with Crippen molar-refractivity contribution in [3.63, 3.8) is 0 Å². The molecule has 1 heterocycles. The molecule has 110 valence electrons. The molecule has 1 aliphatic rings. The predicted octanol–water partition coefficient (Wildman–Crippen LogP) is 1.89. The Morgan fingerprint density at radius 3 is 2.90 bits per heavy atom. The number of nitrogens with one attached hydrogen (secondary N) is 1. The molecule has 0 bridgehead atoms. The highest BCUT2D eigenvalue weighted by atomic mass is 32.2. The zero-order chi connectivity index (χ0) is 14.4. The van der Waals surface area contributed by atoms with E-state index in [4.69, 9.17) is 4.74 Å². The number of hydrogen-bond donors (Lipinski definition) is 1. The quantitative estimate of drug-likeness (QED) is 0.449. The van der Waals surface area contributed by atoms with Crippen molar-refractivity contribution in [3.05, 3.63) is 18.6 Å². The number of aromatic nitrogens is 2. The predicted molar refractivity (Wildman–Crippen MR) is 78.5 cm³/mol. The van der Waals surface area contributed by atoms with Crippen molar-refractivity contribution in [1.29, 1.82) is 0 Å². The van der Waals surface area contributed by atoms with E-state index in [1.54, 1.807) is 18.0 Å². The minimum atomic E-state index is -0.583. The number of thioether (sulfide) groups is 1. The Morgan fingerprint density at radius 2 is 2.35 bits per heavy atom. The second-order valence-corrected chi connectivity index (χ2v) is 5.83. The second-order valence-electron chi connectivity index (χ2n) is 4.83. The van der Waals surface area contributed by atoms with Gasteiger partial charge in [-0.05, 0) is 38.3 Å². The number of esters is 1. The van der Waals surface area contributed by atoms with Crippen LogP contribution in [0.25, 0.3) is 0 Å². The molecule has 0 spiro atoms. The van der Waals surface area contributed by atoms with Gasteiger partial charge in [0.1, 0.15) is 11.9 Å². The van der Waals surface area contributed by atoms with E-state index in [2.05, 4.69) is 15.3 Å². The first kappa shape index (κ1) is 15.3. The second kappa shape index (κ2) is 7.04. The van der Waals surface area contributed by atoms with Crippen molar-refractivity contribution in [2.24, 2.45) is 5.92 Å². The molecule has 1 atom stereocenters. The minimum absolute atomic E-state index is 0.133. The van der Waals surface area contributed by atoms with Crippen molar-refractivity contribution in [2.75, 3.05) is 18.9 Å². The highest BCUT2D eigenvalue weighted by molar-refractivity contribution is 7.99. The van der Waals surface area contributed by atoms with Crippen LogP contribution >= 0.6 is 11.8 Å². The molecule has 1 unspecified atom stereocenters. The van der Waals surface area contributed by atoms with E-state index >= 15 is 0 Å². The molecule has 0 radical (unpaired) electrons. The Bertz CT molecular complexity index is 439. The summed E-state index contributed by atoms with van der Waals surface area (Å²) >= 11 is 1.58. The Balaban J connectivity index is 2.10. The normalized spacial score (nSPS) is 17.5. The van der Waals surface area contributed by atoms with Crippen LogP contribution in [0.4, 0.5) is 0 Å². The molecule has 5 nitrogen and oxygen atoms in total. The molecule has 1 N–H and O–H groups in total. The fraction of sp³-hybridized carbons (Fsp3) is 0.643. The molecule has 0 aromatic carbocycles. The number of carbonyl (C=O) groups is 1. The molecule has 0 saturated heterocycles. The summed E-state index contributed by atoms with van der Waals surface area (Å²) in [6.07, 6.45) is 5.40. The lowest BCUT2D eigenvalue weighted by atomic mass is 9.95. The van der Waals surface area contributed by atoms with Gasteiger partial charge in [0, 0.05) is 11.9 Å².